The fourth-order valence-electron chi connectivity index (χ4n) is 3.55. The second-order valence-corrected chi connectivity index (χ2v) is 9.89. The van der Waals surface area contributed by atoms with Gasteiger partial charge in [0.25, 0.3) is 0 Å². The zero-order valence-corrected chi connectivity index (χ0v) is 22.2. The molecule has 2 aromatic carbocycles. The molecule has 0 aliphatic heterocycles. The van der Waals surface area contributed by atoms with E-state index < -0.39 is 17.3 Å². The summed E-state index contributed by atoms with van der Waals surface area (Å²) >= 11 is 6.32. The number of carbonyl (C=O) groups excluding carboxylic acids is 2. The molecule has 0 bridgehead atoms. The number of alkyl halides is 1. The van der Waals surface area contributed by atoms with Gasteiger partial charge in [-0.05, 0) is 73.2 Å². The van der Waals surface area contributed by atoms with E-state index in [9.17, 15) is 9.59 Å². The second kappa shape index (κ2) is 15.5. The predicted octanol–water partition coefficient (Wildman–Crippen LogP) is 7.84. The van der Waals surface area contributed by atoms with E-state index in [2.05, 4.69) is 20.8 Å². The van der Waals surface area contributed by atoms with E-state index in [4.69, 9.17) is 25.8 Å². The summed E-state index contributed by atoms with van der Waals surface area (Å²) in [4.78, 5) is 24.9. The lowest BCUT2D eigenvalue weighted by molar-refractivity contribution is -0.134. The van der Waals surface area contributed by atoms with Crippen molar-refractivity contribution in [3.8, 4) is 17.2 Å². The van der Waals surface area contributed by atoms with Crippen LogP contribution in [0.4, 0.5) is 0 Å². The normalized spacial score (nSPS) is 12.7. The summed E-state index contributed by atoms with van der Waals surface area (Å²) < 4.78 is 16.6. The highest BCUT2D eigenvalue weighted by Crippen LogP contribution is 2.23. The lowest BCUT2D eigenvalue weighted by atomic mass is 9.97. The van der Waals surface area contributed by atoms with Gasteiger partial charge in [-0.15, -0.1) is 11.6 Å². The van der Waals surface area contributed by atoms with Crippen LogP contribution < -0.4 is 14.2 Å². The van der Waals surface area contributed by atoms with Crippen LogP contribution in [0, 0.1) is 11.8 Å². The van der Waals surface area contributed by atoms with Crippen molar-refractivity contribution >= 4 is 23.5 Å². The Bertz CT molecular complexity index is 892. The first-order chi connectivity index (χ1) is 16.8. The Morgan fingerprint density at radius 2 is 1.37 bits per heavy atom. The molecule has 35 heavy (non-hydrogen) atoms. The summed E-state index contributed by atoms with van der Waals surface area (Å²) in [6, 6.07) is 13.3. The van der Waals surface area contributed by atoms with Crippen molar-refractivity contribution < 1.29 is 23.8 Å². The van der Waals surface area contributed by atoms with Crippen molar-refractivity contribution in [1.82, 2.24) is 0 Å². The number of unbranched alkanes of at least 4 members (excludes halogenated alkanes) is 3. The largest absolute Gasteiger partial charge is 0.494 e. The Labute approximate surface area is 215 Å². The molecule has 0 aliphatic carbocycles. The van der Waals surface area contributed by atoms with Gasteiger partial charge in [-0.2, -0.15) is 0 Å². The van der Waals surface area contributed by atoms with Crippen LogP contribution in [-0.2, 0) is 4.79 Å². The highest BCUT2D eigenvalue weighted by Gasteiger charge is 2.24. The lowest BCUT2D eigenvalue weighted by Crippen LogP contribution is -2.27. The van der Waals surface area contributed by atoms with Gasteiger partial charge in [0, 0.05) is 0 Å². The summed E-state index contributed by atoms with van der Waals surface area (Å²) in [5, 5.41) is -0.713. The third-order valence-electron chi connectivity index (χ3n) is 5.78. The molecule has 2 aromatic rings. The summed E-state index contributed by atoms with van der Waals surface area (Å²) in [5.41, 5.74) is 0.352. The molecule has 6 heteroatoms. The average molecular weight is 503 g/mol. The van der Waals surface area contributed by atoms with E-state index in [-0.39, 0.29) is 5.92 Å². The molecule has 5 nitrogen and oxygen atoms in total. The van der Waals surface area contributed by atoms with E-state index in [0.717, 1.165) is 37.9 Å². The maximum atomic E-state index is 12.5. The number of hydrogen-bond donors (Lipinski definition) is 0. The average Bonchev–Trinajstić information content (AvgIpc) is 2.84. The van der Waals surface area contributed by atoms with Crippen LogP contribution in [0.1, 0.15) is 83.0 Å². The van der Waals surface area contributed by atoms with Crippen molar-refractivity contribution in [1.29, 1.82) is 0 Å². The molecule has 0 N–H and O–H groups in total. The van der Waals surface area contributed by atoms with E-state index in [1.54, 1.807) is 48.5 Å². The predicted molar refractivity (Wildman–Crippen MR) is 141 cm³/mol. The molecule has 0 fully saturated rings. The smallest absolute Gasteiger partial charge is 0.343 e. The summed E-state index contributed by atoms with van der Waals surface area (Å²) in [5.74, 6) is 1.20. The molecule has 0 heterocycles. The number of hydrogen-bond acceptors (Lipinski definition) is 5. The number of benzene rings is 2. The minimum Gasteiger partial charge on any atom is -0.494 e. The quantitative estimate of drug-likeness (QED) is 0.107. The van der Waals surface area contributed by atoms with E-state index in [1.165, 1.54) is 12.8 Å². The first-order valence-corrected chi connectivity index (χ1v) is 13.1. The maximum Gasteiger partial charge on any atom is 0.343 e. The van der Waals surface area contributed by atoms with Crippen LogP contribution in [0.5, 0.6) is 17.2 Å². The molecule has 0 saturated carbocycles. The van der Waals surface area contributed by atoms with Crippen LogP contribution in [0.25, 0.3) is 0 Å². The Balaban J connectivity index is 1.81. The minimum atomic E-state index is -0.713. The van der Waals surface area contributed by atoms with Gasteiger partial charge < -0.3 is 14.2 Å². The van der Waals surface area contributed by atoms with E-state index in [1.807, 2.05) is 6.92 Å². The SMILES string of the molecule is CCCCCCOc1ccc(OC(=O)c2ccc(OC(=O)C(Cl)C(C)CCCC(C)C)cc2)cc1. The Morgan fingerprint density at radius 1 is 0.771 bits per heavy atom. The van der Waals surface area contributed by atoms with Gasteiger partial charge >= 0.3 is 11.9 Å². The Hall–Kier alpha value is -2.53. The lowest BCUT2D eigenvalue weighted by Gasteiger charge is -2.17. The number of halogens is 1. The fraction of sp³-hybridized carbons (Fsp3) is 0.517. The molecular weight excluding hydrogens is 464 g/mol. The number of rotatable bonds is 15. The van der Waals surface area contributed by atoms with E-state index in [0.29, 0.717) is 29.6 Å². The molecule has 0 amide bonds. The van der Waals surface area contributed by atoms with Gasteiger partial charge in [0.05, 0.1) is 12.2 Å². The minimum absolute atomic E-state index is 0.0232. The standard InChI is InChI=1S/C29H39ClO5/c1-5-6-7-8-20-33-24-16-18-26(19-17-24)34-28(31)23-12-14-25(15-13-23)35-29(32)27(30)22(4)11-9-10-21(2)3/h12-19,21-22,27H,5-11,20H2,1-4H3. The van der Waals surface area contributed by atoms with Gasteiger partial charge in [-0.25, -0.2) is 4.79 Å². The number of carbonyl (C=O) groups is 2. The Kier molecular flexibility index (Phi) is 12.7. The third kappa shape index (κ3) is 10.7. The summed E-state index contributed by atoms with van der Waals surface area (Å²) in [6.45, 7) is 9.18. The van der Waals surface area contributed by atoms with Crippen molar-refractivity contribution in [3.63, 3.8) is 0 Å². The van der Waals surface area contributed by atoms with Crippen molar-refractivity contribution in [2.45, 2.75) is 78.0 Å². The maximum absolute atomic E-state index is 12.5. The molecular formula is C29H39ClO5. The third-order valence-corrected chi connectivity index (χ3v) is 6.38. The van der Waals surface area contributed by atoms with Crippen LogP contribution in [0.15, 0.2) is 48.5 Å². The molecule has 2 atom stereocenters. The molecule has 2 unspecified atom stereocenters. The molecule has 0 aromatic heterocycles. The first kappa shape index (κ1) is 28.7. The van der Waals surface area contributed by atoms with E-state index >= 15 is 0 Å². The van der Waals surface area contributed by atoms with Crippen molar-refractivity contribution in [2.24, 2.45) is 11.8 Å². The Morgan fingerprint density at radius 3 is 2.00 bits per heavy atom. The van der Waals surface area contributed by atoms with Crippen LogP contribution in [-0.4, -0.2) is 23.9 Å². The zero-order valence-electron chi connectivity index (χ0n) is 21.4. The number of ether oxygens (including phenoxy) is 3. The molecule has 0 radical (unpaired) electrons. The molecule has 2 rings (SSSR count). The highest BCUT2D eigenvalue weighted by molar-refractivity contribution is 6.30. The second-order valence-electron chi connectivity index (χ2n) is 9.42. The highest BCUT2D eigenvalue weighted by atomic mass is 35.5. The van der Waals surface area contributed by atoms with Gasteiger partial charge in [0.15, 0.2) is 0 Å². The molecule has 0 aliphatic rings. The van der Waals surface area contributed by atoms with Crippen LogP contribution in [0.2, 0.25) is 0 Å². The van der Waals surface area contributed by atoms with Crippen molar-refractivity contribution in [2.75, 3.05) is 6.61 Å². The number of esters is 2. The fourth-order valence-corrected chi connectivity index (χ4v) is 3.72. The molecule has 0 spiro atoms. The monoisotopic (exact) mass is 502 g/mol. The molecule has 0 saturated heterocycles. The van der Waals surface area contributed by atoms with Crippen LogP contribution >= 0.6 is 11.6 Å². The van der Waals surface area contributed by atoms with Crippen LogP contribution in [0.3, 0.4) is 0 Å². The van der Waals surface area contributed by atoms with Gasteiger partial charge in [0.2, 0.25) is 0 Å². The summed E-state index contributed by atoms with van der Waals surface area (Å²) in [7, 11) is 0. The van der Waals surface area contributed by atoms with Gasteiger partial charge in [-0.3, -0.25) is 4.79 Å². The topological polar surface area (TPSA) is 61.8 Å². The zero-order chi connectivity index (χ0) is 25.6. The molecule has 192 valence electrons. The van der Waals surface area contributed by atoms with Crippen molar-refractivity contribution in [3.05, 3.63) is 54.1 Å². The summed E-state index contributed by atoms with van der Waals surface area (Å²) in [6.07, 6.45) is 7.61. The van der Waals surface area contributed by atoms with Gasteiger partial charge in [-0.1, -0.05) is 59.8 Å². The first-order valence-electron chi connectivity index (χ1n) is 12.7. The van der Waals surface area contributed by atoms with Gasteiger partial charge in [0.1, 0.15) is 22.6 Å².